The molecule has 2 aromatic carbocycles. The number of hydrogen-bond donors (Lipinski definition) is 1. The van der Waals surface area contributed by atoms with Gasteiger partial charge in [0.05, 0.1) is 0 Å². The van der Waals surface area contributed by atoms with Gasteiger partial charge in [0.25, 0.3) is 0 Å². The van der Waals surface area contributed by atoms with Gasteiger partial charge in [-0.1, -0.05) is 42.5 Å². The van der Waals surface area contributed by atoms with Crippen molar-refractivity contribution in [2.45, 2.75) is 13.0 Å². The number of benzene rings is 2. The first-order chi connectivity index (χ1) is 7.24. The highest BCUT2D eigenvalue weighted by atomic mass is 35.5. The molecule has 2 aromatic rings. The van der Waals surface area contributed by atoms with E-state index >= 15 is 0 Å². The first kappa shape index (κ1) is 12.8. The quantitative estimate of drug-likeness (QED) is 0.786. The Labute approximate surface area is 102 Å². The van der Waals surface area contributed by atoms with Crippen molar-refractivity contribution in [3.05, 3.63) is 60.2 Å². The van der Waals surface area contributed by atoms with Gasteiger partial charge in [-0.3, -0.25) is 0 Å². The van der Waals surface area contributed by atoms with Crippen LogP contribution in [0.4, 0.5) is 0 Å². The molecule has 16 heavy (non-hydrogen) atoms. The van der Waals surface area contributed by atoms with E-state index in [4.69, 9.17) is 5.73 Å². The van der Waals surface area contributed by atoms with E-state index in [0.717, 1.165) is 5.56 Å². The molecule has 0 amide bonds. The van der Waals surface area contributed by atoms with Gasteiger partial charge in [0.15, 0.2) is 0 Å². The maximum absolute atomic E-state index is 5.99. The van der Waals surface area contributed by atoms with Crippen LogP contribution >= 0.6 is 12.4 Å². The summed E-state index contributed by atoms with van der Waals surface area (Å²) in [6.07, 6.45) is 1.77. The molecule has 0 unspecified atom stereocenters. The highest BCUT2D eigenvalue weighted by Crippen LogP contribution is 2.26. The van der Waals surface area contributed by atoms with Gasteiger partial charge in [-0.2, -0.15) is 0 Å². The van der Waals surface area contributed by atoms with E-state index in [0.29, 0.717) is 0 Å². The van der Waals surface area contributed by atoms with Gasteiger partial charge in [0.1, 0.15) is 0 Å². The van der Waals surface area contributed by atoms with Gasteiger partial charge in [0.2, 0.25) is 0 Å². The topological polar surface area (TPSA) is 26.0 Å². The second-order valence-electron chi connectivity index (χ2n) is 3.78. The molecule has 84 valence electrons. The number of halogens is 1. The average molecular weight is 234 g/mol. The van der Waals surface area contributed by atoms with Crippen LogP contribution in [-0.2, 0) is 0 Å². The lowest BCUT2D eigenvalue weighted by Crippen LogP contribution is -2.07. The van der Waals surface area contributed by atoms with E-state index in [1.165, 1.54) is 16.3 Å². The summed E-state index contributed by atoms with van der Waals surface area (Å²) in [5.74, 6) is 0. The number of aryl methyl sites for hydroxylation is 1. The third-order valence-electron chi connectivity index (χ3n) is 2.79. The van der Waals surface area contributed by atoms with Crippen molar-refractivity contribution in [2.24, 2.45) is 5.73 Å². The second-order valence-corrected chi connectivity index (χ2v) is 3.78. The van der Waals surface area contributed by atoms with Crippen LogP contribution in [0.1, 0.15) is 17.2 Å². The Morgan fingerprint density at radius 2 is 1.75 bits per heavy atom. The zero-order valence-corrected chi connectivity index (χ0v) is 10.1. The molecule has 1 nitrogen and oxygen atoms in total. The average Bonchev–Trinajstić information content (AvgIpc) is 2.29. The van der Waals surface area contributed by atoms with Crippen LogP contribution in [0.5, 0.6) is 0 Å². The molecule has 0 fully saturated rings. The molecule has 0 aliphatic rings. The molecule has 0 spiro atoms. The third kappa shape index (κ3) is 2.11. The number of nitrogens with two attached hydrogens (primary N) is 1. The van der Waals surface area contributed by atoms with Crippen LogP contribution in [0.2, 0.25) is 0 Å². The first-order valence-electron chi connectivity index (χ1n) is 5.10. The zero-order valence-electron chi connectivity index (χ0n) is 9.31. The number of rotatable bonds is 2. The molecule has 0 saturated carbocycles. The summed E-state index contributed by atoms with van der Waals surface area (Å²) >= 11 is 0. The minimum absolute atomic E-state index is 0. The summed E-state index contributed by atoms with van der Waals surface area (Å²) < 4.78 is 0. The van der Waals surface area contributed by atoms with Crippen LogP contribution in [0, 0.1) is 6.92 Å². The molecule has 0 aliphatic carbocycles. The maximum Gasteiger partial charge on any atom is 0.0484 e. The molecule has 0 radical (unpaired) electrons. The fourth-order valence-electron chi connectivity index (χ4n) is 1.89. The van der Waals surface area contributed by atoms with Crippen LogP contribution in [-0.4, -0.2) is 0 Å². The van der Waals surface area contributed by atoms with Crippen LogP contribution in [0.15, 0.2) is 49.1 Å². The molecule has 0 bridgehead atoms. The third-order valence-corrected chi connectivity index (χ3v) is 2.79. The van der Waals surface area contributed by atoms with E-state index in [2.05, 4.69) is 43.8 Å². The van der Waals surface area contributed by atoms with E-state index in [-0.39, 0.29) is 18.4 Å². The summed E-state index contributed by atoms with van der Waals surface area (Å²) in [4.78, 5) is 0. The van der Waals surface area contributed by atoms with Crippen molar-refractivity contribution in [1.82, 2.24) is 0 Å². The Kier molecular flexibility index (Phi) is 4.11. The highest BCUT2D eigenvalue weighted by molar-refractivity contribution is 5.89. The van der Waals surface area contributed by atoms with Gasteiger partial charge in [0, 0.05) is 6.04 Å². The number of fused-ring (bicyclic) bond motifs is 1. The fraction of sp³-hybridized carbons (Fsp3) is 0.143. The smallest absolute Gasteiger partial charge is 0.0484 e. The lowest BCUT2D eigenvalue weighted by Gasteiger charge is -2.12. The molecular weight excluding hydrogens is 218 g/mol. The lowest BCUT2D eigenvalue weighted by atomic mass is 9.96. The van der Waals surface area contributed by atoms with Crippen molar-refractivity contribution in [3.8, 4) is 0 Å². The number of hydrogen-bond acceptors (Lipinski definition) is 1. The largest absolute Gasteiger partial charge is 0.321 e. The van der Waals surface area contributed by atoms with Crippen molar-refractivity contribution < 1.29 is 0 Å². The SMILES string of the molecule is C=C[C@H](N)c1ccc(C)c2ccccc12.Cl. The van der Waals surface area contributed by atoms with E-state index < -0.39 is 0 Å². The standard InChI is InChI=1S/C14H15N.ClH/c1-3-14(15)13-9-8-10(2)11-6-4-5-7-12(11)13;/h3-9,14H,1,15H2,2H3;1H/t14-;/m0./s1. The molecule has 0 aliphatic heterocycles. The predicted molar refractivity (Wildman–Crippen MR) is 73.1 cm³/mol. The summed E-state index contributed by atoms with van der Waals surface area (Å²) in [5, 5.41) is 2.50. The van der Waals surface area contributed by atoms with E-state index in [1.807, 2.05) is 6.07 Å². The molecule has 2 rings (SSSR count). The predicted octanol–water partition coefficient (Wildman–Crippen LogP) is 3.76. The minimum Gasteiger partial charge on any atom is -0.321 e. The van der Waals surface area contributed by atoms with Crippen LogP contribution in [0.3, 0.4) is 0 Å². The van der Waals surface area contributed by atoms with E-state index in [9.17, 15) is 0 Å². The lowest BCUT2D eigenvalue weighted by molar-refractivity contribution is 0.925. The highest BCUT2D eigenvalue weighted by Gasteiger charge is 2.07. The molecule has 1 atom stereocenters. The summed E-state index contributed by atoms with van der Waals surface area (Å²) in [7, 11) is 0. The maximum atomic E-state index is 5.99. The normalized spacial score (nSPS) is 11.9. The van der Waals surface area contributed by atoms with Crippen molar-refractivity contribution >= 4 is 23.2 Å². The zero-order chi connectivity index (χ0) is 10.8. The van der Waals surface area contributed by atoms with Crippen molar-refractivity contribution in [2.75, 3.05) is 0 Å². The molecule has 2 heteroatoms. The van der Waals surface area contributed by atoms with E-state index in [1.54, 1.807) is 6.08 Å². The Hall–Kier alpha value is -1.31. The summed E-state index contributed by atoms with van der Waals surface area (Å²) in [5.41, 5.74) is 8.42. The summed E-state index contributed by atoms with van der Waals surface area (Å²) in [6.45, 7) is 5.86. The fourth-order valence-corrected chi connectivity index (χ4v) is 1.89. The van der Waals surface area contributed by atoms with Crippen molar-refractivity contribution in [1.29, 1.82) is 0 Å². The van der Waals surface area contributed by atoms with Gasteiger partial charge in [-0.15, -0.1) is 19.0 Å². The molecular formula is C14H16ClN. The Morgan fingerprint density at radius 1 is 1.12 bits per heavy atom. The second kappa shape index (κ2) is 5.15. The van der Waals surface area contributed by atoms with Gasteiger partial charge in [-0.05, 0) is 28.8 Å². The molecule has 0 saturated heterocycles. The minimum atomic E-state index is -0.0875. The molecule has 0 aromatic heterocycles. The molecule has 2 N–H and O–H groups in total. The van der Waals surface area contributed by atoms with Gasteiger partial charge >= 0.3 is 0 Å². The van der Waals surface area contributed by atoms with Crippen LogP contribution in [0.25, 0.3) is 10.8 Å². The Morgan fingerprint density at radius 3 is 2.38 bits per heavy atom. The monoisotopic (exact) mass is 233 g/mol. The molecule has 0 heterocycles. The van der Waals surface area contributed by atoms with Gasteiger partial charge < -0.3 is 5.73 Å². The van der Waals surface area contributed by atoms with Crippen molar-refractivity contribution in [3.63, 3.8) is 0 Å². The first-order valence-corrected chi connectivity index (χ1v) is 5.10. The Bertz CT molecular complexity index is 505. The van der Waals surface area contributed by atoms with Gasteiger partial charge in [-0.25, -0.2) is 0 Å². The van der Waals surface area contributed by atoms with Crippen LogP contribution < -0.4 is 5.73 Å². The Balaban J connectivity index is 0.00000128. The summed E-state index contributed by atoms with van der Waals surface area (Å²) in [6, 6.07) is 12.4.